The number of nitrogens with zero attached hydrogens (tertiary/aromatic N) is 2. The number of sulfonamides is 1. The smallest absolute Gasteiger partial charge is 0.264 e. The number of rotatable bonds is 11. The predicted octanol–water partition coefficient (Wildman–Crippen LogP) is 6.54. The van der Waals surface area contributed by atoms with Crippen molar-refractivity contribution in [2.45, 2.75) is 57.1 Å². The van der Waals surface area contributed by atoms with E-state index in [-0.39, 0.29) is 23.5 Å². The molecular weight excluding hydrogens is 613 g/mol. The van der Waals surface area contributed by atoms with Crippen LogP contribution < -0.4 is 9.62 Å². The summed E-state index contributed by atoms with van der Waals surface area (Å²) in [5.41, 5.74) is 1.75. The van der Waals surface area contributed by atoms with Crippen LogP contribution in [0.1, 0.15) is 37.5 Å². The van der Waals surface area contributed by atoms with Gasteiger partial charge in [-0.2, -0.15) is 0 Å². The molecule has 4 aromatic carbocycles. The Hall–Kier alpha value is -4.21. The number of benzene rings is 4. The maximum absolute atomic E-state index is 14.5. The zero-order valence-corrected chi connectivity index (χ0v) is 27.3. The van der Waals surface area contributed by atoms with E-state index in [1.807, 2.05) is 58.0 Å². The van der Waals surface area contributed by atoms with Crippen LogP contribution >= 0.6 is 11.6 Å². The Labute approximate surface area is 269 Å². The highest BCUT2D eigenvalue weighted by Crippen LogP contribution is 2.26. The summed E-state index contributed by atoms with van der Waals surface area (Å²) < 4.78 is 43.0. The van der Waals surface area contributed by atoms with Gasteiger partial charge in [-0.1, -0.05) is 77.8 Å². The molecule has 0 aliphatic rings. The molecule has 0 aromatic heterocycles. The summed E-state index contributed by atoms with van der Waals surface area (Å²) in [4.78, 5) is 29.7. The first-order valence-corrected chi connectivity index (χ1v) is 16.3. The molecule has 236 valence electrons. The highest BCUT2D eigenvalue weighted by Gasteiger charge is 2.36. The molecule has 1 N–H and O–H groups in total. The second kappa shape index (κ2) is 14.3. The number of aryl methyl sites for hydroxylation is 1. The third kappa shape index (κ3) is 8.93. The van der Waals surface area contributed by atoms with Gasteiger partial charge in [-0.25, -0.2) is 12.8 Å². The van der Waals surface area contributed by atoms with Gasteiger partial charge in [-0.05, 0) is 81.3 Å². The lowest BCUT2D eigenvalue weighted by Crippen LogP contribution is -2.56. The zero-order chi connectivity index (χ0) is 32.8. The van der Waals surface area contributed by atoms with Crippen LogP contribution in [0.15, 0.2) is 108 Å². The van der Waals surface area contributed by atoms with Crippen LogP contribution in [0.4, 0.5) is 10.1 Å². The molecule has 7 nitrogen and oxygen atoms in total. The van der Waals surface area contributed by atoms with E-state index in [1.54, 1.807) is 36.4 Å². The minimum absolute atomic E-state index is 0.0332. The van der Waals surface area contributed by atoms with Crippen molar-refractivity contribution in [1.82, 2.24) is 10.2 Å². The van der Waals surface area contributed by atoms with E-state index in [1.165, 1.54) is 29.2 Å². The van der Waals surface area contributed by atoms with Gasteiger partial charge in [0.15, 0.2) is 0 Å². The Kier molecular flexibility index (Phi) is 10.7. The average molecular weight is 650 g/mol. The topological polar surface area (TPSA) is 86.8 Å². The summed E-state index contributed by atoms with van der Waals surface area (Å²) in [7, 11) is -4.29. The largest absolute Gasteiger partial charge is 0.350 e. The number of carbonyl (C=O) groups is 2. The Morgan fingerprint density at radius 2 is 1.47 bits per heavy atom. The average Bonchev–Trinajstić information content (AvgIpc) is 2.99. The van der Waals surface area contributed by atoms with Gasteiger partial charge in [0.25, 0.3) is 10.0 Å². The second-order valence-electron chi connectivity index (χ2n) is 11.9. The lowest BCUT2D eigenvalue weighted by atomic mass is 10.0. The standard InChI is InChI=1S/C35H37ClFN3O4S/c1-25-14-20-30(21-15-25)45(43,44)40(29-18-16-28(37)17-19-29)24-33(41)39(23-27-12-8-9-13-31(27)36)32(34(42)38-35(2,3)4)22-26-10-6-5-7-11-26/h5-21,32H,22-24H2,1-4H3,(H,38,42)/t32-/m0/s1. The SMILES string of the molecule is Cc1ccc(S(=O)(=O)N(CC(=O)N(Cc2ccccc2Cl)[C@@H](Cc2ccccc2)C(=O)NC(C)(C)C)c2ccc(F)cc2)cc1. The quantitative estimate of drug-likeness (QED) is 0.200. The molecule has 1 atom stereocenters. The van der Waals surface area contributed by atoms with Crippen LogP contribution in [-0.2, 0) is 32.6 Å². The second-order valence-corrected chi connectivity index (χ2v) is 14.1. The van der Waals surface area contributed by atoms with Gasteiger partial charge in [0.05, 0.1) is 10.6 Å². The first kappa shape index (κ1) is 33.7. The molecule has 0 radical (unpaired) electrons. The monoisotopic (exact) mass is 649 g/mol. The minimum Gasteiger partial charge on any atom is -0.350 e. The van der Waals surface area contributed by atoms with Gasteiger partial charge < -0.3 is 10.2 Å². The maximum atomic E-state index is 14.5. The van der Waals surface area contributed by atoms with Gasteiger partial charge in [0, 0.05) is 23.5 Å². The fraction of sp³-hybridized carbons (Fsp3) is 0.257. The number of anilines is 1. The van der Waals surface area contributed by atoms with Crippen molar-refractivity contribution in [2.75, 3.05) is 10.8 Å². The van der Waals surface area contributed by atoms with Crippen LogP contribution in [0.25, 0.3) is 0 Å². The van der Waals surface area contributed by atoms with Gasteiger partial charge in [0.1, 0.15) is 18.4 Å². The molecule has 0 saturated carbocycles. The first-order chi connectivity index (χ1) is 21.2. The number of carbonyl (C=O) groups excluding carboxylic acids is 2. The molecule has 45 heavy (non-hydrogen) atoms. The summed E-state index contributed by atoms with van der Waals surface area (Å²) >= 11 is 6.53. The van der Waals surface area contributed by atoms with Crippen LogP contribution in [-0.4, -0.2) is 43.3 Å². The highest BCUT2D eigenvalue weighted by molar-refractivity contribution is 7.92. The molecule has 0 fully saturated rings. The molecule has 10 heteroatoms. The minimum atomic E-state index is -4.29. The number of hydrogen-bond acceptors (Lipinski definition) is 4. The molecule has 0 aliphatic heterocycles. The van der Waals surface area contributed by atoms with E-state index >= 15 is 0 Å². The van der Waals surface area contributed by atoms with Crippen molar-refractivity contribution in [3.8, 4) is 0 Å². The number of hydrogen-bond donors (Lipinski definition) is 1. The van der Waals surface area contributed by atoms with Gasteiger partial charge in [-0.3, -0.25) is 13.9 Å². The third-order valence-electron chi connectivity index (χ3n) is 7.07. The van der Waals surface area contributed by atoms with Crippen LogP contribution in [0.3, 0.4) is 0 Å². The van der Waals surface area contributed by atoms with Crippen molar-refractivity contribution < 1.29 is 22.4 Å². The Balaban J connectivity index is 1.82. The van der Waals surface area contributed by atoms with Gasteiger partial charge >= 0.3 is 0 Å². The molecule has 4 aromatic rings. The van der Waals surface area contributed by atoms with Crippen molar-refractivity contribution in [1.29, 1.82) is 0 Å². The Morgan fingerprint density at radius 3 is 2.07 bits per heavy atom. The molecule has 2 amide bonds. The molecule has 0 saturated heterocycles. The van der Waals surface area contributed by atoms with Gasteiger partial charge in [-0.15, -0.1) is 0 Å². The molecular formula is C35H37ClFN3O4S. The summed E-state index contributed by atoms with van der Waals surface area (Å²) in [6.07, 6.45) is 0.167. The first-order valence-electron chi connectivity index (χ1n) is 14.5. The van der Waals surface area contributed by atoms with Crippen molar-refractivity contribution in [2.24, 2.45) is 0 Å². The fourth-order valence-corrected chi connectivity index (χ4v) is 6.40. The lowest BCUT2D eigenvalue weighted by Gasteiger charge is -2.35. The van der Waals surface area contributed by atoms with E-state index in [2.05, 4.69) is 5.32 Å². The molecule has 0 spiro atoms. The molecule has 0 bridgehead atoms. The van der Waals surface area contributed by atoms with E-state index < -0.39 is 45.8 Å². The van der Waals surface area contributed by atoms with Crippen molar-refractivity contribution in [3.63, 3.8) is 0 Å². The maximum Gasteiger partial charge on any atom is 0.264 e. The normalized spacial score (nSPS) is 12.3. The van der Waals surface area contributed by atoms with E-state index in [0.29, 0.717) is 10.6 Å². The van der Waals surface area contributed by atoms with E-state index in [0.717, 1.165) is 27.6 Å². The lowest BCUT2D eigenvalue weighted by molar-refractivity contribution is -0.140. The summed E-state index contributed by atoms with van der Waals surface area (Å²) in [6, 6.07) is 26.4. The summed E-state index contributed by atoms with van der Waals surface area (Å²) in [6.45, 7) is 6.65. The number of nitrogens with one attached hydrogen (secondary N) is 1. The number of amides is 2. The zero-order valence-electron chi connectivity index (χ0n) is 25.7. The Morgan fingerprint density at radius 1 is 0.867 bits per heavy atom. The summed E-state index contributed by atoms with van der Waals surface area (Å²) in [5, 5.41) is 3.38. The molecule has 0 heterocycles. The molecule has 0 unspecified atom stereocenters. The third-order valence-corrected chi connectivity index (χ3v) is 9.23. The predicted molar refractivity (Wildman–Crippen MR) is 176 cm³/mol. The summed E-state index contributed by atoms with van der Waals surface area (Å²) in [5.74, 6) is -1.60. The number of halogens is 2. The molecule has 0 aliphatic carbocycles. The van der Waals surface area contributed by atoms with Crippen LogP contribution in [0, 0.1) is 12.7 Å². The molecule has 4 rings (SSSR count). The van der Waals surface area contributed by atoms with Crippen molar-refractivity contribution >= 4 is 39.1 Å². The van der Waals surface area contributed by atoms with E-state index in [4.69, 9.17) is 11.6 Å². The van der Waals surface area contributed by atoms with Gasteiger partial charge in [0.2, 0.25) is 11.8 Å². The fourth-order valence-electron chi connectivity index (χ4n) is 4.79. The van der Waals surface area contributed by atoms with E-state index in [9.17, 15) is 22.4 Å². The highest BCUT2D eigenvalue weighted by atomic mass is 35.5. The van der Waals surface area contributed by atoms with Crippen LogP contribution in [0.5, 0.6) is 0 Å². The van der Waals surface area contributed by atoms with Crippen LogP contribution in [0.2, 0.25) is 5.02 Å². The Bertz CT molecular complexity index is 1730. The van der Waals surface area contributed by atoms with Crippen molar-refractivity contribution in [3.05, 3.63) is 131 Å².